The van der Waals surface area contributed by atoms with Gasteiger partial charge in [-0.2, -0.15) is 0 Å². The molecule has 1 aliphatic rings. The first kappa shape index (κ1) is 13.5. The molecule has 94 valence electrons. The van der Waals surface area contributed by atoms with Crippen LogP contribution in [-0.2, 0) is 4.79 Å². The third kappa shape index (κ3) is 4.10. The maximum absolute atomic E-state index is 11.7. The molecule has 0 aromatic carbocycles. The smallest absolute Gasteiger partial charge is 0.222 e. The molecular formula is C12H24N2O2. The molecule has 1 rings (SSSR count). The number of carbonyl (C=O) groups is 1. The summed E-state index contributed by atoms with van der Waals surface area (Å²) in [6.45, 7) is 1.27. The molecule has 1 aliphatic carbocycles. The first-order valence-electron chi connectivity index (χ1n) is 6.22. The molecule has 4 nitrogen and oxygen atoms in total. The minimum atomic E-state index is 0.0438. The largest absolute Gasteiger partial charge is 0.395 e. The molecule has 0 aliphatic heterocycles. The first-order valence-corrected chi connectivity index (χ1v) is 6.22. The summed E-state index contributed by atoms with van der Waals surface area (Å²) in [5.41, 5.74) is 5.63. The molecule has 0 radical (unpaired) electrons. The molecule has 4 heteroatoms. The molecule has 1 amide bonds. The molecule has 1 fully saturated rings. The third-order valence-electron chi connectivity index (χ3n) is 3.62. The summed E-state index contributed by atoms with van der Waals surface area (Å²) in [5, 5.41) is 8.75. The number of carbonyl (C=O) groups excluding carboxylic acids is 1. The van der Waals surface area contributed by atoms with Crippen molar-refractivity contribution in [2.75, 3.05) is 26.7 Å². The topological polar surface area (TPSA) is 66.6 Å². The molecule has 0 spiro atoms. The molecule has 3 N–H and O–H groups in total. The first-order chi connectivity index (χ1) is 7.67. The summed E-state index contributed by atoms with van der Waals surface area (Å²) in [6, 6.07) is 0. The van der Waals surface area contributed by atoms with Crippen molar-refractivity contribution in [3.63, 3.8) is 0 Å². The molecule has 0 aromatic rings. The Kier molecular flexibility index (Phi) is 5.77. The van der Waals surface area contributed by atoms with Crippen molar-refractivity contribution in [2.24, 2.45) is 17.6 Å². The second-order valence-electron chi connectivity index (χ2n) is 4.87. The molecule has 16 heavy (non-hydrogen) atoms. The van der Waals surface area contributed by atoms with E-state index in [1.165, 1.54) is 0 Å². The molecule has 0 heterocycles. The lowest BCUT2D eigenvalue weighted by Gasteiger charge is -2.28. The maximum atomic E-state index is 11.7. The van der Waals surface area contributed by atoms with Crippen LogP contribution in [0.25, 0.3) is 0 Å². The normalized spacial score (nSPS) is 25.4. The van der Waals surface area contributed by atoms with Gasteiger partial charge in [-0.1, -0.05) is 0 Å². The van der Waals surface area contributed by atoms with Gasteiger partial charge in [0.05, 0.1) is 6.61 Å². The summed E-state index contributed by atoms with van der Waals surface area (Å²) < 4.78 is 0. The summed E-state index contributed by atoms with van der Waals surface area (Å²) in [4.78, 5) is 13.4. The lowest BCUT2D eigenvalue weighted by atomic mass is 9.80. The van der Waals surface area contributed by atoms with Crippen molar-refractivity contribution in [3.8, 4) is 0 Å². The van der Waals surface area contributed by atoms with Gasteiger partial charge in [0.2, 0.25) is 5.91 Å². The Bertz CT molecular complexity index is 213. The van der Waals surface area contributed by atoms with Crippen LogP contribution in [0.4, 0.5) is 0 Å². The number of amides is 1. The number of likely N-dealkylation sites (N-methyl/N-ethyl adjacent to an activating group) is 1. The zero-order chi connectivity index (χ0) is 12.0. The predicted molar refractivity (Wildman–Crippen MR) is 63.8 cm³/mol. The van der Waals surface area contributed by atoms with E-state index in [0.29, 0.717) is 24.8 Å². The van der Waals surface area contributed by atoms with Gasteiger partial charge in [-0.25, -0.2) is 0 Å². The van der Waals surface area contributed by atoms with Crippen LogP contribution in [0.15, 0.2) is 0 Å². The Labute approximate surface area is 97.8 Å². The lowest BCUT2D eigenvalue weighted by Crippen LogP contribution is -2.32. The van der Waals surface area contributed by atoms with Crippen molar-refractivity contribution in [1.82, 2.24) is 4.90 Å². The van der Waals surface area contributed by atoms with Crippen molar-refractivity contribution >= 4 is 5.91 Å². The maximum Gasteiger partial charge on any atom is 0.222 e. The van der Waals surface area contributed by atoms with E-state index in [1.54, 1.807) is 11.9 Å². The van der Waals surface area contributed by atoms with Crippen LogP contribution in [0.3, 0.4) is 0 Å². The van der Waals surface area contributed by atoms with E-state index in [0.717, 1.165) is 32.2 Å². The monoisotopic (exact) mass is 228 g/mol. The standard InChI is InChI=1S/C12H24N2O2/c1-14(6-7-15)12(16)8-10-2-4-11(9-13)5-3-10/h10-11,15H,2-9,13H2,1H3. The van der Waals surface area contributed by atoms with E-state index in [1.807, 2.05) is 0 Å². The van der Waals surface area contributed by atoms with E-state index >= 15 is 0 Å². The summed E-state index contributed by atoms with van der Waals surface area (Å²) in [6.07, 6.45) is 5.21. The highest BCUT2D eigenvalue weighted by Crippen LogP contribution is 2.30. The highest BCUT2D eigenvalue weighted by molar-refractivity contribution is 5.76. The predicted octanol–water partition coefficient (Wildman–Crippen LogP) is 0.592. The second-order valence-corrected chi connectivity index (χ2v) is 4.87. The Morgan fingerprint density at radius 2 is 1.88 bits per heavy atom. The van der Waals surface area contributed by atoms with Gasteiger partial charge in [0, 0.05) is 20.0 Å². The van der Waals surface area contributed by atoms with Crippen molar-refractivity contribution < 1.29 is 9.90 Å². The van der Waals surface area contributed by atoms with Crippen LogP contribution in [-0.4, -0.2) is 42.7 Å². The average molecular weight is 228 g/mol. The Balaban J connectivity index is 2.25. The van der Waals surface area contributed by atoms with Crippen LogP contribution in [0.2, 0.25) is 0 Å². The van der Waals surface area contributed by atoms with Gasteiger partial charge in [-0.05, 0) is 44.1 Å². The van der Waals surface area contributed by atoms with Crippen molar-refractivity contribution in [1.29, 1.82) is 0 Å². The van der Waals surface area contributed by atoms with Crippen molar-refractivity contribution in [2.45, 2.75) is 32.1 Å². The van der Waals surface area contributed by atoms with E-state index in [9.17, 15) is 4.79 Å². The van der Waals surface area contributed by atoms with Gasteiger partial charge >= 0.3 is 0 Å². The number of hydrogen-bond acceptors (Lipinski definition) is 3. The third-order valence-corrected chi connectivity index (χ3v) is 3.62. The molecule has 0 atom stereocenters. The Morgan fingerprint density at radius 1 is 1.31 bits per heavy atom. The molecule has 1 saturated carbocycles. The molecular weight excluding hydrogens is 204 g/mol. The number of nitrogens with two attached hydrogens (primary N) is 1. The highest BCUT2D eigenvalue weighted by Gasteiger charge is 2.23. The van der Waals surface area contributed by atoms with Gasteiger partial charge in [0.1, 0.15) is 0 Å². The van der Waals surface area contributed by atoms with Crippen LogP contribution in [0.5, 0.6) is 0 Å². The summed E-state index contributed by atoms with van der Waals surface area (Å²) in [7, 11) is 1.75. The van der Waals surface area contributed by atoms with E-state index in [2.05, 4.69) is 0 Å². The van der Waals surface area contributed by atoms with Crippen molar-refractivity contribution in [3.05, 3.63) is 0 Å². The number of hydrogen-bond donors (Lipinski definition) is 2. The quantitative estimate of drug-likeness (QED) is 0.724. The zero-order valence-electron chi connectivity index (χ0n) is 10.2. The second kappa shape index (κ2) is 6.86. The number of nitrogens with zero attached hydrogens (tertiary/aromatic N) is 1. The highest BCUT2D eigenvalue weighted by atomic mass is 16.3. The Hall–Kier alpha value is -0.610. The summed E-state index contributed by atoms with van der Waals surface area (Å²) in [5.74, 6) is 1.35. The fourth-order valence-corrected chi connectivity index (χ4v) is 2.35. The fraction of sp³-hybridized carbons (Fsp3) is 0.917. The minimum absolute atomic E-state index is 0.0438. The van der Waals surface area contributed by atoms with Crippen LogP contribution in [0, 0.1) is 11.8 Å². The minimum Gasteiger partial charge on any atom is -0.395 e. The Morgan fingerprint density at radius 3 is 2.38 bits per heavy atom. The fourth-order valence-electron chi connectivity index (χ4n) is 2.35. The molecule has 0 unspecified atom stereocenters. The number of aliphatic hydroxyl groups excluding tert-OH is 1. The molecule has 0 aromatic heterocycles. The van der Waals surface area contributed by atoms with Gasteiger partial charge in [0.15, 0.2) is 0 Å². The van der Waals surface area contributed by atoms with Gasteiger partial charge in [-0.15, -0.1) is 0 Å². The molecule has 0 bridgehead atoms. The number of aliphatic hydroxyl groups is 1. The SMILES string of the molecule is CN(CCO)C(=O)CC1CCC(CN)CC1. The average Bonchev–Trinajstić information content (AvgIpc) is 2.30. The summed E-state index contributed by atoms with van der Waals surface area (Å²) >= 11 is 0. The van der Waals surface area contributed by atoms with E-state index in [-0.39, 0.29) is 12.5 Å². The van der Waals surface area contributed by atoms with Gasteiger partial charge < -0.3 is 15.7 Å². The van der Waals surface area contributed by atoms with Gasteiger partial charge in [-0.3, -0.25) is 4.79 Å². The number of rotatable bonds is 5. The van der Waals surface area contributed by atoms with E-state index < -0.39 is 0 Å². The van der Waals surface area contributed by atoms with E-state index in [4.69, 9.17) is 10.8 Å². The van der Waals surface area contributed by atoms with Crippen LogP contribution >= 0.6 is 0 Å². The van der Waals surface area contributed by atoms with Crippen LogP contribution < -0.4 is 5.73 Å². The zero-order valence-corrected chi connectivity index (χ0v) is 10.2. The lowest BCUT2D eigenvalue weighted by molar-refractivity contribution is -0.131. The molecule has 0 saturated heterocycles. The van der Waals surface area contributed by atoms with Gasteiger partial charge in [0.25, 0.3) is 0 Å². The van der Waals surface area contributed by atoms with Crippen LogP contribution in [0.1, 0.15) is 32.1 Å².